The molecule has 0 unspecified atom stereocenters. The van der Waals surface area contributed by atoms with Crippen LogP contribution in [-0.4, -0.2) is 33.6 Å². The molecule has 2 aromatic carbocycles. The number of imidazole rings is 1. The van der Waals surface area contributed by atoms with Gasteiger partial charge in [-0.15, -0.1) is 0 Å². The van der Waals surface area contributed by atoms with Gasteiger partial charge in [-0.25, -0.2) is 9.78 Å². The molecule has 28 heavy (non-hydrogen) atoms. The minimum absolute atomic E-state index is 0.106. The van der Waals surface area contributed by atoms with E-state index in [4.69, 9.17) is 4.74 Å². The minimum atomic E-state index is -0.106. The number of carbonyl (C=O) groups is 1. The molecule has 0 atom stereocenters. The highest BCUT2D eigenvalue weighted by atomic mass is 16.5. The van der Waals surface area contributed by atoms with E-state index < -0.39 is 0 Å². The predicted octanol–water partition coefficient (Wildman–Crippen LogP) is 4.41. The topological polar surface area (TPSA) is 59.4 Å². The van der Waals surface area contributed by atoms with Crippen molar-refractivity contribution in [1.82, 2.24) is 14.5 Å². The summed E-state index contributed by atoms with van der Waals surface area (Å²) in [5.74, 6) is 0.839. The molecule has 0 aliphatic heterocycles. The van der Waals surface area contributed by atoms with Gasteiger partial charge in [0, 0.05) is 37.7 Å². The number of anilines is 1. The van der Waals surface area contributed by atoms with Gasteiger partial charge in [-0.3, -0.25) is 0 Å². The molecule has 3 rings (SSSR count). The van der Waals surface area contributed by atoms with Crippen LogP contribution in [0.25, 0.3) is 0 Å². The maximum Gasteiger partial charge on any atom is 0.322 e. The molecule has 0 saturated heterocycles. The Kier molecular flexibility index (Phi) is 7.07. The summed E-state index contributed by atoms with van der Waals surface area (Å²) in [5, 5.41) is 2.98. The van der Waals surface area contributed by atoms with Crippen LogP contribution < -0.4 is 10.1 Å². The summed E-state index contributed by atoms with van der Waals surface area (Å²) < 4.78 is 7.51. The summed E-state index contributed by atoms with van der Waals surface area (Å²) in [5.41, 5.74) is 1.85. The fourth-order valence-electron chi connectivity index (χ4n) is 2.92. The Labute approximate surface area is 165 Å². The van der Waals surface area contributed by atoms with Crippen LogP contribution in [0, 0.1) is 0 Å². The van der Waals surface area contributed by atoms with Crippen LogP contribution in [0.3, 0.4) is 0 Å². The van der Waals surface area contributed by atoms with E-state index in [-0.39, 0.29) is 6.03 Å². The predicted molar refractivity (Wildman–Crippen MR) is 110 cm³/mol. The van der Waals surface area contributed by atoms with Crippen LogP contribution in [0.2, 0.25) is 0 Å². The van der Waals surface area contributed by atoms with Crippen molar-refractivity contribution in [3.63, 3.8) is 0 Å². The van der Waals surface area contributed by atoms with Crippen LogP contribution >= 0.6 is 0 Å². The summed E-state index contributed by atoms with van der Waals surface area (Å²) in [4.78, 5) is 18.7. The smallest absolute Gasteiger partial charge is 0.322 e. The van der Waals surface area contributed by atoms with Gasteiger partial charge in [0.05, 0.1) is 12.9 Å². The molecular formula is C22H26N4O2. The zero-order valence-corrected chi connectivity index (χ0v) is 16.1. The number of nitrogens with zero attached hydrogens (tertiary/aromatic N) is 3. The molecule has 1 heterocycles. The Balaban J connectivity index is 1.64. The summed E-state index contributed by atoms with van der Waals surface area (Å²) in [6.45, 7) is 4.60. The molecule has 3 aromatic rings. The second kappa shape index (κ2) is 10.2. The highest BCUT2D eigenvalue weighted by molar-refractivity contribution is 5.89. The first kappa shape index (κ1) is 19.5. The number of rotatable bonds is 9. The van der Waals surface area contributed by atoms with Gasteiger partial charge in [0.25, 0.3) is 0 Å². The molecule has 0 bridgehead atoms. The van der Waals surface area contributed by atoms with Gasteiger partial charge in [0.2, 0.25) is 0 Å². The summed E-state index contributed by atoms with van der Waals surface area (Å²) >= 11 is 0. The normalized spacial score (nSPS) is 10.5. The third-order valence-electron chi connectivity index (χ3n) is 4.32. The molecule has 6 heteroatoms. The monoisotopic (exact) mass is 378 g/mol. The zero-order valence-electron chi connectivity index (χ0n) is 16.1. The second-order valence-electron chi connectivity index (χ2n) is 6.45. The lowest BCUT2D eigenvalue weighted by molar-refractivity contribution is 0.207. The number of carbonyl (C=O) groups excluding carboxylic acids is 1. The number of hydrogen-bond donors (Lipinski definition) is 1. The summed E-state index contributed by atoms with van der Waals surface area (Å²) in [6.07, 6.45) is 6.33. The number of aromatic nitrogens is 2. The first-order valence-electron chi connectivity index (χ1n) is 9.53. The van der Waals surface area contributed by atoms with Crippen LogP contribution in [-0.2, 0) is 13.1 Å². The number of ether oxygens (including phenoxy) is 1. The van der Waals surface area contributed by atoms with E-state index in [9.17, 15) is 4.79 Å². The third kappa shape index (κ3) is 5.87. The number of nitrogens with one attached hydrogen (secondary N) is 1. The standard InChI is InChI=1S/C22H26N4O2/c1-2-28-21-11-9-19(10-12-21)17-26(15-6-14-25-16-13-23-18-25)22(27)24-20-7-4-3-5-8-20/h3-5,7-13,16,18H,2,6,14-15,17H2,1H3,(H,24,27). The highest BCUT2D eigenvalue weighted by Crippen LogP contribution is 2.15. The first-order chi connectivity index (χ1) is 13.7. The van der Waals surface area contributed by atoms with Crippen molar-refractivity contribution in [2.75, 3.05) is 18.5 Å². The van der Waals surface area contributed by atoms with Gasteiger partial charge in [-0.2, -0.15) is 0 Å². The Morgan fingerprint density at radius 3 is 2.61 bits per heavy atom. The van der Waals surface area contributed by atoms with Gasteiger partial charge < -0.3 is 19.5 Å². The maximum atomic E-state index is 12.8. The van der Waals surface area contributed by atoms with E-state index in [1.165, 1.54) is 0 Å². The molecule has 1 aromatic heterocycles. The Bertz CT molecular complexity index is 833. The molecule has 0 spiro atoms. The van der Waals surface area contributed by atoms with Crippen molar-refractivity contribution in [3.8, 4) is 5.75 Å². The fraction of sp³-hybridized carbons (Fsp3) is 0.273. The number of amides is 2. The Hall–Kier alpha value is -3.28. The van der Waals surface area contributed by atoms with E-state index in [0.29, 0.717) is 19.7 Å². The SMILES string of the molecule is CCOc1ccc(CN(CCCn2ccnc2)C(=O)Nc2ccccc2)cc1. The third-order valence-corrected chi connectivity index (χ3v) is 4.32. The van der Waals surface area contributed by atoms with Gasteiger partial charge in [-0.05, 0) is 43.2 Å². The highest BCUT2D eigenvalue weighted by Gasteiger charge is 2.14. The number of hydrogen-bond acceptors (Lipinski definition) is 3. The first-order valence-corrected chi connectivity index (χ1v) is 9.53. The number of para-hydroxylation sites is 1. The van der Waals surface area contributed by atoms with E-state index in [1.54, 1.807) is 12.5 Å². The van der Waals surface area contributed by atoms with Crippen molar-refractivity contribution in [2.24, 2.45) is 0 Å². The van der Waals surface area contributed by atoms with E-state index in [1.807, 2.05) is 77.2 Å². The van der Waals surface area contributed by atoms with Crippen molar-refractivity contribution >= 4 is 11.7 Å². The van der Waals surface area contributed by atoms with Crippen molar-refractivity contribution in [2.45, 2.75) is 26.4 Å². The zero-order chi connectivity index (χ0) is 19.6. The molecule has 1 N–H and O–H groups in total. The molecule has 2 amide bonds. The lowest BCUT2D eigenvalue weighted by Gasteiger charge is -2.23. The Morgan fingerprint density at radius 1 is 1.14 bits per heavy atom. The minimum Gasteiger partial charge on any atom is -0.494 e. The summed E-state index contributed by atoms with van der Waals surface area (Å²) in [6, 6.07) is 17.3. The molecule has 0 aliphatic carbocycles. The maximum absolute atomic E-state index is 12.8. The lowest BCUT2D eigenvalue weighted by atomic mass is 10.2. The average Bonchev–Trinajstić information content (AvgIpc) is 3.23. The van der Waals surface area contributed by atoms with Crippen LogP contribution in [0.5, 0.6) is 5.75 Å². The van der Waals surface area contributed by atoms with E-state index >= 15 is 0 Å². The van der Waals surface area contributed by atoms with Crippen molar-refractivity contribution in [3.05, 3.63) is 78.9 Å². The largest absolute Gasteiger partial charge is 0.494 e. The quantitative estimate of drug-likeness (QED) is 0.600. The number of benzene rings is 2. The molecular weight excluding hydrogens is 352 g/mol. The van der Waals surface area contributed by atoms with Crippen LogP contribution in [0.1, 0.15) is 18.9 Å². The second-order valence-corrected chi connectivity index (χ2v) is 6.45. The average molecular weight is 378 g/mol. The van der Waals surface area contributed by atoms with Gasteiger partial charge in [0.15, 0.2) is 0 Å². The van der Waals surface area contributed by atoms with Crippen molar-refractivity contribution < 1.29 is 9.53 Å². The molecule has 0 aliphatic rings. The molecule has 0 radical (unpaired) electrons. The van der Waals surface area contributed by atoms with Gasteiger partial charge >= 0.3 is 6.03 Å². The molecule has 0 fully saturated rings. The van der Waals surface area contributed by atoms with Crippen LogP contribution in [0.15, 0.2) is 73.3 Å². The molecule has 6 nitrogen and oxygen atoms in total. The van der Waals surface area contributed by atoms with Crippen molar-refractivity contribution in [1.29, 1.82) is 0 Å². The van der Waals surface area contributed by atoms with E-state index in [2.05, 4.69) is 10.3 Å². The summed E-state index contributed by atoms with van der Waals surface area (Å²) in [7, 11) is 0. The number of aryl methyl sites for hydroxylation is 1. The Morgan fingerprint density at radius 2 is 1.93 bits per heavy atom. The van der Waals surface area contributed by atoms with Gasteiger partial charge in [-0.1, -0.05) is 30.3 Å². The van der Waals surface area contributed by atoms with Gasteiger partial charge in [0.1, 0.15) is 5.75 Å². The molecule has 146 valence electrons. The fourth-order valence-corrected chi connectivity index (χ4v) is 2.92. The lowest BCUT2D eigenvalue weighted by Crippen LogP contribution is -2.35. The van der Waals surface area contributed by atoms with Crippen LogP contribution in [0.4, 0.5) is 10.5 Å². The molecule has 0 saturated carbocycles. The number of urea groups is 1. The van der Waals surface area contributed by atoms with E-state index in [0.717, 1.165) is 30.0 Å².